The number of nitrogens with one attached hydrogen (secondary N) is 1. The second kappa shape index (κ2) is 5.33. The van der Waals surface area contributed by atoms with E-state index in [2.05, 4.69) is 11.6 Å². The first-order valence-corrected chi connectivity index (χ1v) is 6.54. The predicted octanol–water partition coefficient (Wildman–Crippen LogP) is -1.49. The fraction of sp³-hybridized carbons (Fsp3) is 0.455. The second-order valence-electron chi connectivity index (χ2n) is 4.18. The van der Waals surface area contributed by atoms with Gasteiger partial charge in [-0.2, -0.15) is 0 Å². The molecule has 4 N–H and O–H groups in total. The Morgan fingerprint density at radius 2 is 2.11 bits per heavy atom. The van der Waals surface area contributed by atoms with E-state index in [-0.39, 0.29) is 12.2 Å². The first-order valence-electron chi connectivity index (χ1n) is 5.60. The van der Waals surface area contributed by atoms with Gasteiger partial charge in [-0.05, 0) is 0 Å². The highest BCUT2D eigenvalue weighted by Gasteiger charge is 2.43. The van der Waals surface area contributed by atoms with Crippen molar-refractivity contribution in [3.8, 4) is 0 Å². The molecule has 0 radical (unpaired) electrons. The van der Waals surface area contributed by atoms with Crippen LogP contribution in [0.4, 0.5) is 0 Å². The molecule has 0 spiro atoms. The summed E-state index contributed by atoms with van der Waals surface area (Å²) < 4.78 is 1.13. The standard InChI is InChI=1S/C11H14N2O5S/c1-2-5-3-13(11(18)12-9(5)17)10-8(16)7(15)6(4-14)19-10/h2-3,6-8,10,14-16H,1,4H2,(H,12,17,18)/t6-,7+,8-,10-/m0/s1. The minimum atomic E-state index is -1.21. The van der Waals surface area contributed by atoms with E-state index in [1.54, 1.807) is 0 Å². The Hall–Kier alpha value is -1.35. The van der Waals surface area contributed by atoms with E-state index < -0.39 is 34.1 Å². The molecule has 0 bridgehead atoms. The largest absolute Gasteiger partial charge is 0.395 e. The van der Waals surface area contributed by atoms with Crippen LogP contribution in [0.5, 0.6) is 0 Å². The molecule has 19 heavy (non-hydrogen) atoms. The molecule has 0 aliphatic carbocycles. The Labute approximate surface area is 112 Å². The number of aliphatic hydroxyl groups is 3. The van der Waals surface area contributed by atoms with Crippen molar-refractivity contribution >= 4 is 17.8 Å². The molecule has 1 aliphatic rings. The minimum Gasteiger partial charge on any atom is -0.395 e. The summed E-state index contributed by atoms with van der Waals surface area (Å²) in [5.41, 5.74) is -1.06. The van der Waals surface area contributed by atoms with Gasteiger partial charge in [-0.25, -0.2) is 4.79 Å². The van der Waals surface area contributed by atoms with Gasteiger partial charge in [0.05, 0.1) is 23.5 Å². The van der Waals surface area contributed by atoms with Crippen LogP contribution < -0.4 is 11.2 Å². The van der Waals surface area contributed by atoms with Crippen LogP contribution in [0, 0.1) is 0 Å². The van der Waals surface area contributed by atoms with E-state index in [9.17, 15) is 19.8 Å². The van der Waals surface area contributed by atoms with Crippen LogP contribution in [-0.2, 0) is 0 Å². The normalized spacial score (nSPS) is 30.5. The van der Waals surface area contributed by atoms with Gasteiger partial charge in [-0.15, -0.1) is 11.8 Å². The molecule has 8 heteroatoms. The van der Waals surface area contributed by atoms with Gasteiger partial charge in [0.15, 0.2) is 0 Å². The highest BCUT2D eigenvalue weighted by atomic mass is 32.2. The Morgan fingerprint density at radius 3 is 2.63 bits per heavy atom. The average molecular weight is 286 g/mol. The van der Waals surface area contributed by atoms with Crippen molar-refractivity contribution in [2.45, 2.75) is 22.8 Å². The van der Waals surface area contributed by atoms with Crippen LogP contribution in [0.1, 0.15) is 10.9 Å². The van der Waals surface area contributed by atoms with Crippen molar-refractivity contribution in [1.82, 2.24) is 9.55 Å². The second-order valence-corrected chi connectivity index (χ2v) is 5.54. The Kier molecular flexibility index (Phi) is 3.95. The smallest absolute Gasteiger partial charge is 0.329 e. The molecule has 0 saturated carbocycles. The first-order chi connectivity index (χ1) is 8.99. The molecular formula is C11H14N2O5S. The quantitative estimate of drug-likeness (QED) is 0.538. The summed E-state index contributed by atoms with van der Waals surface area (Å²) in [7, 11) is 0. The summed E-state index contributed by atoms with van der Waals surface area (Å²) in [6.07, 6.45) is 0.233. The van der Waals surface area contributed by atoms with Gasteiger partial charge in [0, 0.05) is 6.20 Å². The van der Waals surface area contributed by atoms with E-state index in [4.69, 9.17) is 5.11 Å². The molecule has 104 valence electrons. The van der Waals surface area contributed by atoms with Crippen LogP contribution in [0.25, 0.3) is 6.08 Å². The molecule has 1 aromatic heterocycles. The van der Waals surface area contributed by atoms with Crippen molar-refractivity contribution in [1.29, 1.82) is 0 Å². The lowest BCUT2D eigenvalue weighted by Crippen LogP contribution is -2.38. The topological polar surface area (TPSA) is 116 Å². The summed E-state index contributed by atoms with van der Waals surface area (Å²) in [5, 5.41) is 27.4. The summed E-state index contributed by atoms with van der Waals surface area (Å²) in [5.74, 6) is 0. The van der Waals surface area contributed by atoms with Crippen molar-refractivity contribution < 1.29 is 15.3 Å². The predicted molar refractivity (Wildman–Crippen MR) is 70.9 cm³/mol. The number of aliphatic hydroxyl groups excluding tert-OH is 3. The van der Waals surface area contributed by atoms with Crippen LogP contribution in [-0.4, -0.2) is 48.9 Å². The van der Waals surface area contributed by atoms with Gasteiger partial charge in [-0.1, -0.05) is 12.7 Å². The van der Waals surface area contributed by atoms with Crippen LogP contribution in [0.3, 0.4) is 0 Å². The fourth-order valence-corrected chi connectivity index (χ4v) is 3.32. The van der Waals surface area contributed by atoms with Gasteiger partial charge in [0.25, 0.3) is 5.56 Å². The zero-order chi connectivity index (χ0) is 14.2. The van der Waals surface area contributed by atoms with Crippen molar-refractivity contribution in [3.05, 3.63) is 39.2 Å². The summed E-state index contributed by atoms with van der Waals surface area (Å²) in [6, 6.07) is 0. The molecule has 2 rings (SSSR count). The molecule has 1 fully saturated rings. The van der Waals surface area contributed by atoms with Crippen molar-refractivity contribution in [2.24, 2.45) is 0 Å². The van der Waals surface area contributed by atoms with E-state index >= 15 is 0 Å². The zero-order valence-corrected chi connectivity index (χ0v) is 10.7. The molecule has 4 atom stereocenters. The number of thioether (sulfide) groups is 1. The lowest BCUT2D eigenvalue weighted by atomic mass is 10.1. The number of aromatic amines is 1. The monoisotopic (exact) mass is 286 g/mol. The molecule has 7 nitrogen and oxygen atoms in total. The van der Waals surface area contributed by atoms with E-state index in [1.165, 1.54) is 12.3 Å². The number of rotatable bonds is 3. The maximum Gasteiger partial charge on any atom is 0.329 e. The van der Waals surface area contributed by atoms with Crippen molar-refractivity contribution in [3.63, 3.8) is 0 Å². The maximum atomic E-state index is 11.7. The summed E-state index contributed by atoms with van der Waals surface area (Å²) in [6.45, 7) is 3.15. The average Bonchev–Trinajstić information content (AvgIpc) is 2.67. The van der Waals surface area contributed by atoms with Crippen molar-refractivity contribution in [2.75, 3.05) is 6.61 Å². The summed E-state index contributed by atoms with van der Waals surface area (Å²) in [4.78, 5) is 25.3. The number of hydrogen-bond donors (Lipinski definition) is 4. The third kappa shape index (κ3) is 2.39. The van der Waals surface area contributed by atoms with Crippen LogP contribution in [0.15, 0.2) is 22.4 Å². The highest BCUT2D eigenvalue weighted by Crippen LogP contribution is 2.40. The zero-order valence-electron chi connectivity index (χ0n) is 9.89. The number of hydrogen-bond acceptors (Lipinski definition) is 6. The van der Waals surface area contributed by atoms with Gasteiger partial charge in [0.1, 0.15) is 11.5 Å². The Balaban J connectivity index is 2.46. The molecule has 0 unspecified atom stereocenters. The van der Waals surface area contributed by atoms with Crippen LogP contribution >= 0.6 is 11.8 Å². The number of H-pyrrole nitrogens is 1. The lowest BCUT2D eigenvalue weighted by molar-refractivity contribution is 0.0101. The van der Waals surface area contributed by atoms with Gasteiger partial charge >= 0.3 is 5.69 Å². The van der Waals surface area contributed by atoms with Gasteiger partial charge in [0.2, 0.25) is 0 Å². The molecule has 0 aromatic carbocycles. The third-order valence-electron chi connectivity index (χ3n) is 3.01. The highest BCUT2D eigenvalue weighted by molar-refractivity contribution is 8.00. The molecule has 0 amide bonds. The molecule has 1 aromatic rings. The lowest BCUT2D eigenvalue weighted by Gasteiger charge is -2.17. The Bertz CT molecular complexity index is 595. The summed E-state index contributed by atoms with van der Waals surface area (Å²) >= 11 is 1.08. The van der Waals surface area contributed by atoms with E-state index in [1.807, 2.05) is 0 Å². The van der Waals surface area contributed by atoms with E-state index in [0.29, 0.717) is 0 Å². The molecule has 1 aliphatic heterocycles. The van der Waals surface area contributed by atoms with E-state index in [0.717, 1.165) is 16.3 Å². The Morgan fingerprint density at radius 1 is 1.42 bits per heavy atom. The molecular weight excluding hydrogens is 272 g/mol. The first kappa shape index (κ1) is 14.1. The SMILES string of the molecule is C=Cc1cn([C@H]2S[C@@H](CO)[C@@H](O)[C@@H]2O)c(=O)[nH]c1=O. The minimum absolute atomic E-state index is 0.189. The number of nitrogens with zero attached hydrogens (tertiary/aromatic N) is 1. The maximum absolute atomic E-state index is 11.7. The third-order valence-corrected chi connectivity index (χ3v) is 4.57. The molecule has 2 heterocycles. The van der Waals surface area contributed by atoms with Crippen LogP contribution in [0.2, 0.25) is 0 Å². The fourth-order valence-electron chi connectivity index (χ4n) is 1.95. The van der Waals surface area contributed by atoms with Gasteiger partial charge < -0.3 is 15.3 Å². The molecule has 1 saturated heterocycles. The number of aromatic nitrogens is 2. The van der Waals surface area contributed by atoms with Gasteiger partial charge in [-0.3, -0.25) is 14.3 Å².